The standard InChI is InChI=1S/C25H38N2O6Si/c1-17-15-27(24(29)26-23(17)28)22-14-18(12-13-31-20-10-8-19(30-5)9-11-20)21(33-22)16-32-34(6,7)25(2,3)4/h8-11,15,18,21-22H,12-14,16H2,1-7H3,(H,26,28,29)/t18-,21+,22+/m0/s1. The minimum atomic E-state index is -1.96. The Morgan fingerprint density at radius 1 is 1.15 bits per heavy atom. The van der Waals surface area contributed by atoms with Crippen molar-refractivity contribution in [2.24, 2.45) is 5.92 Å². The zero-order valence-corrected chi connectivity index (χ0v) is 22.3. The minimum Gasteiger partial charge on any atom is -0.497 e. The molecule has 1 aromatic carbocycles. The van der Waals surface area contributed by atoms with Gasteiger partial charge in [-0.2, -0.15) is 0 Å². The molecule has 0 radical (unpaired) electrons. The number of ether oxygens (including phenoxy) is 3. The third-order valence-electron chi connectivity index (χ3n) is 7.05. The zero-order valence-electron chi connectivity index (χ0n) is 21.3. The highest BCUT2D eigenvalue weighted by Gasteiger charge is 2.41. The van der Waals surface area contributed by atoms with Crippen molar-refractivity contribution in [2.75, 3.05) is 20.3 Å². The van der Waals surface area contributed by atoms with Gasteiger partial charge in [-0.25, -0.2) is 4.79 Å². The Bertz CT molecular complexity index is 1070. The van der Waals surface area contributed by atoms with Crippen LogP contribution in [0.1, 0.15) is 45.4 Å². The van der Waals surface area contributed by atoms with E-state index in [0.29, 0.717) is 25.2 Å². The summed E-state index contributed by atoms with van der Waals surface area (Å²) in [6, 6.07) is 7.50. The van der Waals surface area contributed by atoms with E-state index in [-0.39, 0.29) is 22.6 Å². The lowest BCUT2D eigenvalue weighted by atomic mass is 9.97. The van der Waals surface area contributed by atoms with Gasteiger partial charge in [0.2, 0.25) is 0 Å². The molecule has 0 bridgehead atoms. The monoisotopic (exact) mass is 490 g/mol. The van der Waals surface area contributed by atoms with Gasteiger partial charge in [0, 0.05) is 11.8 Å². The van der Waals surface area contributed by atoms with E-state index in [9.17, 15) is 9.59 Å². The van der Waals surface area contributed by atoms with E-state index in [1.807, 2.05) is 24.3 Å². The van der Waals surface area contributed by atoms with Gasteiger partial charge in [0.15, 0.2) is 8.32 Å². The molecule has 1 N–H and O–H groups in total. The van der Waals surface area contributed by atoms with Crippen molar-refractivity contribution in [2.45, 2.75) is 71.0 Å². The van der Waals surface area contributed by atoms with Crippen LogP contribution in [0.25, 0.3) is 0 Å². The third kappa shape index (κ3) is 6.19. The highest BCUT2D eigenvalue weighted by atomic mass is 28.4. The van der Waals surface area contributed by atoms with Gasteiger partial charge in [-0.1, -0.05) is 20.8 Å². The van der Waals surface area contributed by atoms with Gasteiger partial charge in [-0.05, 0) is 68.1 Å². The number of methoxy groups -OCH3 is 1. The lowest BCUT2D eigenvalue weighted by Gasteiger charge is -2.37. The number of aryl methyl sites for hydroxylation is 1. The molecule has 8 nitrogen and oxygen atoms in total. The number of rotatable bonds is 9. The minimum absolute atomic E-state index is 0.0882. The maximum atomic E-state index is 12.5. The first-order valence-corrected chi connectivity index (χ1v) is 14.7. The average Bonchev–Trinajstić information content (AvgIpc) is 3.17. The Morgan fingerprint density at radius 3 is 2.41 bits per heavy atom. The summed E-state index contributed by atoms with van der Waals surface area (Å²) >= 11 is 0. The highest BCUT2D eigenvalue weighted by molar-refractivity contribution is 6.74. The summed E-state index contributed by atoms with van der Waals surface area (Å²) in [5.41, 5.74) is -0.357. The second-order valence-electron chi connectivity index (χ2n) is 10.5. The quantitative estimate of drug-likeness (QED) is 0.529. The van der Waals surface area contributed by atoms with Crippen molar-refractivity contribution >= 4 is 8.32 Å². The van der Waals surface area contributed by atoms with E-state index >= 15 is 0 Å². The fourth-order valence-corrected chi connectivity index (χ4v) is 4.76. The lowest BCUT2D eigenvalue weighted by molar-refractivity contribution is -0.0314. The average molecular weight is 491 g/mol. The van der Waals surface area contributed by atoms with Crippen molar-refractivity contribution in [3.63, 3.8) is 0 Å². The Hall–Kier alpha value is -2.36. The molecule has 1 aromatic heterocycles. The molecule has 0 unspecified atom stereocenters. The first-order valence-electron chi connectivity index (χ1n) is 11.8. The largest absolute Gasteiger partial charge is 0.497 e. The summed E-state index contributed by atoms with van der Waals surface area (Å²) in [7, 11) is -0.330. The van der Waals surface area contributed by atoms with Crippen LogP contribution in [0.15, 0.2) is 40.1 Å². The summed E-state index contributed by atoms with van der Waals surface area (Å²) < 4.78 is 25.4. The SMILES string of the molecule is COc1ccc(OCC[C@H]2C[C@H](n3cc(C)c(=O)[nH]c3=O)O[C@@H]2CO[Si](C)(C)C(C)(C)C)cc1. The van der Waals surface area contributed by atoms with Gasteiger partial charge >= 0.3 is 5.69 Å². The van der Waals surface area contributed by atoms with Crippen LogP contribution < -0.4 is 20.7 Å². The number of hydrogen-bond donors (Lipinski definition) is 1. The molecule has 9 heteroatoms. The van der Waals surface area contributed by atoms with E-state index < -0.39 is 20.2 Å². The van der Waals surface area contributed by atoms with Crippen LogP contribution in [0.3, 0.4) is 0 Å². The summed E-state index contributed by atoms with van der Waals surface area (Å²) in [5.74, 6) is 1.70. The number of aromatic amines is 1. The molecule has 0 aliphatic carbocycles. The summed E-state index contributed by atoms with van der Waals surface area (Å²) in [5, 5.41) is 0.0882. The zero-order chi connectivity index (χ0) is 25.1. The first kappa shape index (κ1) is 26.2. The molecule has 0 saturated carbocycles. The molecule has 1 fully saturated rings. The number of hydrogen-bond acceptors (Lipinski definition) is 6. The van der Waals surface area contributed by atoms with E-state index in [4.69, 9.17) is 18.6 Å². The van der Waals surface area contributed by atoms with Gasteiger partial charge < -0.3 is 18.6 Å². The molecular weight excluding hydrogens is 452 g/mol. The van der Waals surface area contributed by atoms with Gasteiger partial charge in [0.05, 0.1) is 26.4 Å². The van der Waals surface area contributed by atoms with Crippen LogP contribution in [0, 0.1) is 12.8 Å². The second kappa shape index (κ2) is 10.5. The fraction of sp³-hybridized carbons (Fsp3) is 0.600. The summed E-state index contributed by atoms with van der Waals surface area (Å²) in [6.45, 7) is 13.7. The van der Waals surface area contributed by atoms with Crippen molar-refractivity contribution in [3.8, 4) is 11.5 Å². The molecular formula is C25H38N2O6Si. The fourth-order valence-electron chi connectivity index (χ4n) is 3.74. The lowest BCUT2D eigenvalue weighted by Crippen LogP contribution is -2.43. The maximum Gasteiger partial charge on any atom is 0.330 e. The van der Waals surface area contributed by atoms with E-state index in [2.05, 4.69) is 38.8 Å². The van der Waals surface area contributed by atoms with Crippen LogP contribution >= 0.6 is 0 Å². The normalized spacial score (nSPS) is 21.0. The number of H-pyrrole nitrogens is 1. The smallest absolute Gasteiger partial charge is 0.330 e. The third-order valence-corrected chi connectivity index (χ3v) is 11.6. The molecule has 0 spiro atoms. The number of nitrogens with one attached hydrogen (secondary N) is 1. The Morgan fingerprint density at radius 2 is 1.79 bits per heavy atom. The molecule has 3 atom stereocenters. The predicted octanol–water partition coefficient (Wildman–Crippen LogP) is 4.25. The highest BCUT2D eigenvalue weighted by Crippen LogP contribution is 2.39. The Balaban J connectivity index is 1.72. The summed E-state index contributed by atoms with van der Waals surface area (Å²) in [4.78, 5) is 26.6. The number of aromatic nitrogens is 2. The first-order chi connectivity index (χ1) is 15.9. The van der Waals surface area contributed by atoms with Gasteiger partial charge in [0.25, 0.3) is 5.56 Å². The molecule has 0 amide bonds. The second-order valence-corrected chi connectivity index (χ2v) is 15.3. The van der Waals surface area contributed by atoms with Crippen LogP contribution in [0.2, 0.25) is 18.1 Å². The van der Waals surface area contributed by atoms with Gasteiger partial charge in [-0.3, -0.25) is 14.3 Å². The van der Waals surface area contributed by atoms with Crippen molar-refractivity contribution in [1.29, 1.82) is 0 Å². The topological polar surface area (TPSA) is 91.8 Å². The maximum absolute atomic E-state index is 12.5. The molecule has 2 aromatic rings. The Labute approximate surface area is 202 Å². The van der Waals surface area contributed by atoms with Crippen molar-refractivity contribution in [1.82, 2.24) is 9.55 Å². The van der Waals surface area contributed by atoms with E-state index in [1.165, 1.54) is 4.57 Å². The predicted molar refractivity (Wildman–Crippen MR) is 134 cm³/mol. The molecule has 2 heterocycles. The number of benzene rings is 1. The van der Waals surface area contributed by atoms with Crippen LogP contribution in [0.4, 0.5) is 0 Å². The molecule has 188 valence electrons. The van der Waals surface area contributed by atoms with E-state index in [0.717, 1.165) is 17.9 Å². The Kier molecular flexibility index (Phi) is 8.10. The van der Waals surface area contributed by atoms with Crippen LogP contribution in [0.5, 0.6) is 11.5 Å². The molecule has 1 aliphatic rings. The summed E-state index contributed by atoms with van der Waals surface area (Å²) in [6.07, 6.45) is 2.35. The molecule has 1 saturated heterocycles. The molecule has 3 rings (SSSR count). The molecule has 34 heavy (non-hydrogen) atoms. The van der Waals surface area contributed by atoms with E-state index in [1.54, 1.807) is 20.2 Å². The number of nitrogens with zero attached hydrogens (tertiary/aromatic N) is 1. The van der Waals surface area contributed by atoms with Gasteiger partial charge in [-0.15, -0.1) is 0 Å². The van der Waals surface area contributed by atoms with Crippen molar-refractivity contribution in [3.05, 3.63) is 56.9 Å². The van der Waals surface area contributed by atoms with Crippen molar-refractivity contribution < 1.29 is 18.6 Å². The van der Waals surface area contributed by atoms with Gasteiger partial charge in [0.1, 0.15) is 17.7 Å². The molecule has 1 aliphatic heterocycles. The van der Waals surface area contributed by atoms with Crippen LogP contribution in [-0.4, -0.2) is 44.3 Å². The van der Waals surface area contributed by atoms with Crippen LogP contribution in [-0.2, 0) is 9.16 Å².